The van der Waals surface area contributed by atoms with Gasteiger partial charge in [0.2, 0.25) is 5.88 Å². The monoisotopic (exact) mass is 296 g/mol. The molecule has 0 aliphatic carbocycles. The molecule has 0 amide bonds. The zero-order valence-electron chi connectivity index (χ0n) is 8.86. The molecule has 1 heterocycles. The van der Waals surface area contributed by atoms with E-state index in [0.29, 0.717) is 17.2 Å². The molecule has 0 atom stereocenters. The van der Waals surface area contributed by atoms with E-state index in [-0.39, 0.29) is 12.4 Å². The number of hydrogen-bond donors (Lipinski definition) is 1. The fourth-order valence-electron chi connectivity index (χ4n) is 1.30. The van der Waals surface area contributed by atoms with Crippen LogP contribution >= 0.6 is 15.9 Å². The highest BCUT2D eigenvalue weighted by molar-refractivity contribution is 9.10. The van der Waals surface area contributed by atoms with Crippen LogP contribution in [-0.4, -0.2) is 4.98 Å². The molecule has 1 aromatic heterocycles. The van der Waals surface area contributed by atoms with Crippen molar-refractivity contribution in [2.24, 2.45) is 5.73 Å². The second-order valence-corrected chi connectivity index (χ2v) is 4.29. The number of aromatic nitrogens is 1. The molecule has 0 aliphatic rings. The van der Waals surface area contributed by atoms with E-state index in [0.717, 1.165) is 4.47 Å². The number of rotatable bonds is 3. The van der Waals surface area contributed by atoms with Crippen LogP contribution in [0.3, 0.4) is 0 Å². The molecule has 0 saturated carbocycles. The van der Waals surface area contributed by atoms with Crippen molar-refractivity contribution in [3.8, 4) is 11.6 Å². The van der Waals surface area contributed by atoms with Gasteiger partial charge in [0.15, 0.2) is 0 Å². The second-order valence-electron chi connectivity index (χ2n) is 3.37. The zero-order valence-corrected chi connectivity index (χ0v) is 10.4. The van der Waals surface area contributed by atoms with Gasteiger partial charge in [0.05, 0.1) is 0 Å². The molecular weight excluding hydrogens is 287 g/mol. The average Bonchev–Trinajstić information content (AvgIpc) is 2.32. The molecular formula is C12H10BrFN2O. The van der Waals surface area contributed by atoms with Gasteiger partial charge < -0.3 is 10.5 Å². The maximum absolute atomic E-state index is 13.4. The summed E-state index contributed by atoms with van der Waals surface area (Å²) in [6, 6.07) is 8.05. The molecule has 0 spiro atoms. The van der Waals surface area contributed by atoms with Crippen LogP contribution in [0.25, 0.3) is 0 Å². The number of nitrogens with zero attached hydrogens (tertiary/aromatic N) is 1. The molecule has 5 heteroatoms. The van der Waals surface area contributed by atoms with Crippen LogP contribution in [0, 0.1) is 5.82 Å². The van der Waals surface area contributed by atoms with Crippen LogP contribution in [-0.2, 0) is 6.54 Å². The fourth-order valence-corrected chi connectivity index (χ4v) is 1.53. The first kappa shape index (κ1) is 12.0. The third kappa shape index (κ3) is 3.01. The number of nitrogens with two attached hydrogens (primary N) is 1. The third-order valence-electron chi connectivity index (χ3n) is 2.17. The Bertz CT molecular complexity index is 516. The number of halogens is 2. The Kier molecular flexibility index (Phi) is 3.71. The Morgan fingerprint density at radius 2 is 2.12 bits per heavy atom. The summed E-state index contributed by atoms with van der Waals surface area (Å²) in [5.74, 6) is 0.435. The van der Waals surface area contributed by atoms with Gasteiger partial charge in [-0.3, -0.25) is 0 Å². The molecule has 0 radical (unpaired) electrons. The van der Waals surface area contributed by atoms with Gasteiger partial charge in [0.1, 0.15) is 11.6 Å². The second kappa shape index (κ2) is 5.25. The van der Waals surface area contributed by atoms with E-state index in [1.165, 1.54) is 6.07 Å². The molecule has 0 unspecified atom stereocenters. The highest BCUT2D eigenvalue weighted by Crippen LogP contribution is 2.22. The van der Waals surface area contributed by atoms with E-state index in [2.05, 4.69) is 20.9 Å². The Labute approximate surface area is 107 Å². The van der Waals surface area contributed by atoms with Crippen molar-refractivity contribution >= 4 is 15.9 Å². The van der Waals surface area contributed by atoms with Gasteiger partial charge in [-0.1, -0.05) is 6.07 Å². The number of hydrogen-bond acceptors (Lipinski definition) is 3. The highest BCUT2D eigenvalue weighted by Gasteiger charge is 2.04. The van der Waals surface area contributed by atoms with Gasteiger partial charge in [0, 0.05) is 34.9 Å². The van der Waals surface area contributed by atoms with Gasteiger partial charge in [0.25, 0.3) is 0 Å². The van der Waals surface area contributed by atoms with Gasteiger partial charge in [-0.25, -0.2) is 9.37 Å². The lowest BCUT2D eigenvalue weighted by Gasteiger charge is -2.06. The SMILES string of the molecule is NCc1ccc(Oc2ccc(Br)cn2)cc1F. The van der Waals surface area contributed by atoms with Gasteiger partial charge >= 0.3 is 0 Å². The summed E-state index contributed by atoms with van der Waals surface area (Å²) in [7, 11) is 0. The zero-order chi connectivity index (χ0) is 12.3. The smallest absolute Gasteiger partial charge is 0.219 e. The molecule has 2 rings (SSSR count). The number of ether oxygens (including phenoxy) is 1. The lowest BCUT2D eigenvalue weighted by molar-refractivity contribution is 0.457. The first-order valence-electron chi connectivity index (χ1n) is 4.97. The molecule has 0 saturated heterocycles. The summed E-state index contributed by atoms with van der Waals surface area (Å²) in [5.41, 5.74) is 5.83. The minimum atomic E-state index is -0.373. The van der Waals surface area contributed by atoms with Crippen molar-refractivity contribution in [2.45, 2.75) is 6.54 Å². The van der Waals surface area contributed by atoms with E-state index >= 15 is 0 Å². The Hall–Kier alpha value is -1.46. The van der Waals surface area contributed by atoms with Gasteiger partial charge in [-0.2, -0.15) is 0 Å². The summed E-state index contributed by atoms with van der Waals surface area (Å²) in [4.78, 5) is 4.03. The molecule has 0 fully saturated rings. The maximum Gasteiger partial charge on any atom is 0.219 e. The summed E-state index contributed by atoms with van der Waals surface area (Å²) < 4.78 is 19.7. The lowest BCUT2D eigenvalue weighted by atomic mass is 10.2. The van der Waals surface area contributed by atoms with Crippen LogP contribution in [0.2, 0.25) is 0 Å². The van der Waals surface area contributed by atoms with E-state index in [1.54, 1.807) is 30.5 Å². The maximum atomic E-state index is 13.4. The van der Waals surface area contributed by atoms with Crippen molar-refractivity contribution in [3.05, 3.63) is 52.4 Å². The fraction of sp³-hybridized carbons (Fsp3) is 0.0833. The molecule has 2 aromatic rings. The van der Waals surface area contributed by atoms with Gasteiger partial charge in [-0.15, -0.1) is 0 Å². The van der Waals surface area contributed by atoms with Crippen LogP contribution in [0.15, 0.2) is 41.0 Å². The third-order valence-corrected chi connectivity index (χ3v) is 2.64. The first-order valence-corrected chi connectivity index (χ1v) is 5.76. The van der Waals surface area contributed by atoms with Gasteiger partial charge in [-0.05, 0) is 28.1 Å². The summed E-state index contributed by atoms with van der Waals surface area (Å²) in [6.45, 7) is 0.169. The minimum absolute atomic E-state index is 0.169. The summed E-state index contributed by atoms with van der Waals surface area (Å²) in [5, 5.41) is 0. The Morgan fingerprint density at radius 3 is 2.71 bits per heavy atom. The Balaban J connectivity index is 2.19. The molecule has 1 aromatic carbocycles. The highest BCUT2D eigenvalue weighted by atomic mass is 79.9. The molecule has 17 heavy (non-hydrogen) atoms. The minimum Gasteiger partial charge on any atom is -0.439 e. The van der Waals surface area contributed by atoms with E-state index in [1.807, 2.05) is 0 Å². The topological polar surface area (TPSA) is 48.1 Å². The molecule has 88 valence electrons. The quantitative estimate of drug-likeness (QED) is 0.946. The van der Waals surface area contributed by atoms with Crippen LogP contribution < -0.4 is 10.5 Å². The van der Waals surface area contributed by atoms with Crippen LogP contribution in [0.5, 0.6) is 11.6 Å². The van der Waals surface area contributed by atoms with E-state index in [9.17, 15) is 4.39 Å². The van der Waals surface area contributed by atoms with Crippen molar-refractivity contribution in [1.82, 2.24) is 4.98 Å². The predicted molar refractivity (Wildman–Crippen MR) is 66.3 cm³/mol. The van der Waals surface area contributed by atoms with Crippen molar-refractivity contribution < 1.29 is 9.13 Å². The predicted octanol–water partition coefficient (Wildman–Crippen LogP) is 3.23. The van der Waals surface area contributed by atoms with Crippen LogP contribution in [0.1, 0.15) is 5.56 Å². The normalized spacial score (nSPS) is 10.3. The average molecular weight is 297 g/mol. The lowest BCUT2D eigenvalue weighted by Crippen LogP contribution is -1.99. The molecule has 0 aliphatic heterocycles. The molecule has 2 N–H and O–H groups in total. The summed E-state index contributed by atoms with van der Waals surface area (Å²) in [6.07, 6.45) is 1.61. The summed E-state index contributed by atoms with van der Waals surface area (Å²) >= 11 is 3.27. The standard InChI is InChI=1S/C12H10BrFN2O/c13-9-2-4-12(16-7-9)17-10-3-1-8(6-15)11(14)5-10/h1-5,7H,6,15H2. The molecule has 0 bridgehead atoms. The largest absolute Gasteiger partial charge is 0.439 e. The van der Waals surface area contributed by atoms with Crippen LogP contribution in [0.4, 0.5) is 4.39 Å². The van der Waals surface area contributed by atoms with E-state index in [4.69, 9.17) is 10.5 Å². The number of pyridine rings is 1. The van der Waals surface area contributed by atoms with Crippen molar-refractivity contribution in [1.29, 1.82) is 0 Å². The van der Waals surface area contributed by atoms with Crippen molar-refractivity contribution in [3.63, 3.8) is 0 Å². The van der Waals surface area contributed by atoms with E-state index < -0.39 is 0 Å². The van der Waals surface area contributed by atoms with Crippen molar-refractivity contribution in [2.75, 3.05) is 0 Å². The Morgan fingerprint density at radius 1 is 1.29 bits per heavy atom. The first-order chi connectivity index (χ1) is 8.19. The molecule has 3 nitrogen and oxygen atoms in total. The number of benzene rings is 1.